The van der Waals surface area contributed by atoms with Gasteiger partial charge in [0.05, 0.1) is 5.71 Å². The van der Waals surface area contributed by atoms with E-state index in [-0.39, 0.29) is 30.6 Å². The first-order valence-corrected chi connectivity index (χ1v) is 7.62. The maximum absolute atomic E-state index is 13.3. The molecule has 1 amide bonds. The largest absolute Gasteiger partial charge is 0.478 e. The van der Waals surface area contributed by atoms with Gasteiger partial charge in [-0.2, -0.15) is 0 Å². The monoisotopic (exact) mass is 332 g/mol. The molecule has 0 bridgehead atoms. The Bertz CT molecular complexity index is 759. The third-order valence-electron chi connectivity index (χ3n) is 4.23. The SMILES string of the molecule is C[C@@]1(C(=O)N[C@@H]2CC=C(C(=O)O)C2)CC(c2cccc(F)c2)=NO1. The molecule has 6 nitrogen and oxygen atoms in total. The summed E-state index contributed by atoms with van der Waals surface area (Å²) < 4.78 is 13.3. The van der Waals surface area contributed by atoms with Crippen molar-refractivity contribution < 1.29 is 23.9 Å². The quantitative estimate of drug-likeness (QED) is 0.883. The van der Waals surface area contributed by atoms with Crippen molar-refractivity contribution in [3.05, 3.63) is 47.3 Å². The van der Waals surface area contributed by atoms with Crippen molar-refractivity contribution in [1.29, 1.82) is 0 Å². The standard InChI is InChI=1S/C17H17FN2O4/c1-17(16(23)19-13-6-5-11(8-13)15(21)22)9-14(20-24-17)10-3-2-4-12(18)7-10/h2-5,7,13H,6,8-9H2,1H3,(H,19,23)(H,21,22)/t13-,17+/m1/s1. The number of nitrogens with one attached hydrogen (secondary N) is 1. The molecule has 24 heavy (non-hydrogen) atoms. The highest BCUT2D eigenvalue weighted by molar-refractivity contribution is 6.05. The lowest BCUT2D eigenvalue weighted by Gasteiger charge is -2.23. The fourth-order valence-electron chi connectivity index (χ4n) is 2.82. The number of oxime groups is 1. The topological polar surface area (TPSA) is 88.0 Å². The van der Waals surface area contributed by atoms with E-state index in [9.17, 15) is 14.0 Å². The zero-order valence-electron chi connectivity index (χ0n) is 13.1. The van der Waals surface area contributed by atoms with Gasteiger partial charge < -0.3 is 15.3 Å². The van der Waals surface area contributed by atoms with Crippen molar-refractivity contribution in [1.82, 2.24) is 5.32 Å². The number of amides is 1. The van der Waals surface area contributed by atoms with E-state index in [2.05, 4.69) is 10.5 Å². The first-order chi connectivity index (χ1) is 11.4. The minimum Gasteiger partial charge on any atom is -0.478 e. The van der Waals surface area contributed by atoms with Gasteiger partial charge in [-0.3, -0.25) is 4.79 Å². The number of nitrogens with zero attached hydrogens (tertiary/aromatic N) is 1. The number of carbonyl (C=O) groups excluding carboxylic acids is 1. The van der Waals surface area contributed by atoms with Gasteiger partial charge in [0.2, 0.25) is 5.60 Å². The van der Waals surface area contributed by atoms with Gasteiger partial charge in [-0.1, -0.05) is 23.4 Å². The molecule has 2 aliphatic rings. The summed E-state index contributed by atoms with van der Waals surface area (Å²) in [5, 5.41) is 15.7. The first kappa shape index (κ1) is 16.2. The smallest absolute Gasteiger partial charge is 0.331 e. The van der Waals surface area contributed by atoms with Crippen LogP contribution in [0.3, 0.4) is 0 Å². The molecule has 0 spiro atoms. The Labute approximate surface area is 138 Å². The summed E-state index contributed by atoms with van der Waals surface area (Å²) >= 11 is 0. The van der Waals surface area contributed by atoms with Crippen LogP contribution in [0.5, 0.6) is 0 Å². The Morgan fingerprint density at radius 1 is 1.46 bits per heavy atom. The average Bonchev–Trinajstić information content (AvgIpc) is 3.15. The maximum Gasteiger partial charge on any atom is 0.331 e. The van der Waals surface area contributed by atoms with Gasteiger partial charge in [-0.25, -0.2) is 9.18 Å². The molecule has 2 N–H and O–H groups in total. The Balaban J connectivity index is 1.62. The normalized spacial score (nSPS) is 25.7. The van der Waals surface area contributed by atoms with E-state index in [1.165, 1.54) is 12.1 Å². The summed E-state index contributed by atoms with van der Waals surface area (Å²) in [6.45, 7) is 1.61. The molecule has 0 unspecified atom stereocenters. The Kier molecular flexibility index (Phi) is 4.09. The van der Waals surface area contributed by atoms with Crippen LogP contribution >= 0.6 is 0 Å². The van der Waals surface area contributed by atoms with Crippen molar-refractivity contribution in [3.63, 3.8) is 0 Å². The number of carboxylic acids is 1. The number of halogens is 1. The fraction of sp³-hybridized carbons (Fsp3) is 0.353. The molecule has 0 fully saturated rings. The van der Waals surface area contributed by atoms with Crippen LogP contribution in [0.15, 0.2) is 41.1 Å². The van der Waals surface area contributed by atoms with Crippen LogP contribution in [-0.4, -0.2) is 34.3 Å². The molecule has 2 atom stereocenters. The average molecular weight is 332 g/mol. The van der Waals surface area contributed by atoms with E-state index in [1.54, 1.807) is 25.1 Å². The molecule has 0 saturated carbocycles. The van der Waals surface area contributed by atoms with Crippen LogP contribution in [0.2, 0.25) is 0 Å². The van der Waals surface area contributed by atoms with E-state index in [0.29, 0.717) is 23.3 Å². The molecule has 1 heterocycles. The lowest BCUT2D eigenvalue weighted by atomic mass is 9.94. The summed E-state index contributed by atoms with van der Waals surface area (Å²) in [6, 6.07) is 5.68. The summed E-state index contributed by atoms with van der Waals surface area (Å²) in [5.41, 5.74) is 0.188. The van der Waals surface area contributed by atoms with Gasteiger partial charge in [-0.15, -0.1) is 0 Å². The van der Waals surface area contributed by atoms with Crippen molar-refractivity contribution in [3.8, 4) is 0 Å². The van der Waals surface area contributed by atoms with E-state index in [1.807, 2.05) is 0 Å². The minimum absolute atomic E-state index is 0.216. The summed E-state index contributed by atoms with van der Waals surface area (Å²) in [7, 11) is 0. The number of hydrogen-bond acceptors (Lipinski definition) is 4. The van der Waals surface area contributed by atoms with Crippen molar-refractivity contribution in [2.45, 2.75) is 37.8 Å². The second-order valence-corrected chi connectivity index (χ2v) is 6.19. The summed E-state index contributed by atoms with van der Waals surface area (Å²) in [6.07, 6.45) is 2.59. The van der Waals surface area contributed by atoms with Crippen LogP contribution < -0.4 is 5.32 Å². The molecule has 0 radical (unpaired) electrons. The third-order valence-corrected chi connectivity index (χ3v) is 4.23. The predicted octanol–water partition coefficient (Wildman–Crippen LogP) is 2.00. The van der Waals surface area contributed by atoms with Gasteiger partial charge in [0.15, 0.2) is 0 Å². The molecule has 1 aliphatic heterocycles. The number of hydrogen-bond donors (Lipinski definition) is 2. The van der Waals surface area contributed by atoms with Crippen LogP contribution in [0.4, 0.5) is 4.39 Å². The molecule has 0 aromatic heterocycles. The first-order valence-electron chi connectivity index (χ1n) is 7.62. The molecule has 3 rings (SSSR count). The second-order valence-electron chi connectivity index (χ2n) is 6.19. The van der Waals surface area contributed by atoms with E-state index < -0.39 is 11.6 Å². The van der Waals surface area contributed by atoms with Gasteiger partial charge in [0.25, 0.3) is 5.91 Å². The number of aliphatic carboxylic acids is 1. The van der Waals surface area contributed by atoms with Crippen molar-refractivity contribution >= 4 is 17.6 Å². The molecule has 1 aromatic rings. The Morgan fingerprint density at radius 3 is 2.92 bits per heavy atom. The van der Waals surface area contributed by atoms with Crippen molar-refractivity contribution in [2.75, 3.05) is 0 Å². The number of rotatable bonds is 4. The highest BCUT2D eigenvalue weighted by Gasteiger charge is 2.43. The molecular weight excluding hydrogens is 315 g/mol. The number of carboxylic acid groups (broad SMARTS) is 1. The van der Waals surface area contributed by atoms with Gasteiger partial charge >= 0.3 is 5.97 Å². The lowest BCUT2D eigenvalue weighted by Crippen LogP contribution is -2.48. The van der Waals surface area contributed by atoms with Gasteiger partial charge in [-0.05, 0) is 31.9 Å². The van der Waals surface area contributed by atoms with Crippen LogP contribution in [0.1, 0.15) is 31.7 Å². The van der Waals surface area contributed by atoms with Crippen LogP contribution in [0.25, 0.3) is 0 Å². The van der Waals surface area contributed by atoms with E-state index >= 15 is 0 Å². The third kappa shape index (κ3) is 3.15. The maximum atomic E-state index is 13.3. The van der Waals surface area contributed by atoms with E-state index in [4.69, 9.17) is 9.94 Å². The lowest BCUT2D eigenvalue weighted by molar-refractivity contribution is -0.142. The number of carbonyl (C=O) groups is 2. The number of benzene rings is 1. The molecule has 1 aromatic carbocycles. The molecule has 0 saturated heterocycles. The minimum atomic E-state index is -1.19. The molecule has 126 valence electrons. The molecule has 1 aliphatic carbocycles. The zero-order chi connectivity index (χ0) is 17.3. The van der Waals surface area contributed by atoms with Gasteiger partial charge in [0.1, 0.15) is 5.82 Å². The Morgan fingerprint density at radius 2 is 2.25 bits per heavy atom. The van der Waals surface area contributed by atoms with Crippen molar-refractivity contribution in [2.24, 2.45) is 5.16 Å². The predicted molar refractivity (Wildman–Crippen MR) is 83.9 cm³/mol. The van der Waals surface area contributed by atoms with Crippen LogP contribution in [-0.2, 0) is 14.4 Å². The Hall–Kier alpha value is -2.70. The highest BCUT2D eigenvalue weighted by atomic mass is 19.1. The second kappa shape index (κ2) is 6.07. The zero-order valence-corrected chi connectivity index (χ0v) is 13.1. The fourth-order valence-corrected chi connectivity index (χ4v) is 2.82. The summed E-state index contributed by atoms with van der Waals surface area (Å²) in [4.78, 5) is 28.7. The molecular formula is C17H17FN2O4. The van der Waals surface area contributed by atoms with Gasteiger partial charge in [0, 0.05) is 23.6 Å². The van der Waals surface area contributed by atoms with Crippen LogP contribution in [0, 0.1) is 5.82 Å². The molecule has 7 heteroatoms. The van der Waals surface area contributed by atoms with E-state index in [0.717, 1.165) is 0 Å². The highest BCUT2D eigenvalue weighted by Crippen LogP contribution is 2.28. The summed E-state index contributed by atoms with van der Waals surface area (Å²) in [5.74, 6) is -1.71.